The van der Waals surface area contributed by atoms with Crippen molar-refractivity contribution < 1.29 is 14.1 Å². The van der Waals surface area contributed by atoms with Crippen LogP contribution in [-0.2, 0) is 0 Å². The van der Waals surface area contributed by atoms with Gasteiger partial charge in [0.1, 0.15) is 5.76 Å². The van der Waals surface area contributed by atoms with Crippen LogP contribution in [0.3, 0.4) is 0 Å². The molecule has 1 aromatic heterocycles. The first kappa shape index (κ1) is 16.6. The number of furan rings is 1. The molecule has 0 spiro atoms. The summed E-state index contributed by atoms with van der Waals surface area (Å²) >= 11 is 0. The van der Waals surface area contributed by atoms with Crippen LogP contribution in [0.1, 0.15) is 41.8 Å². The number of carbonyl (C=O) groups excluding carboxylic acids is 1. The summed E-state index contributed by atoms with van der Waals surface area (Å²) in [7, 11) is 0. The number of allylic oxidation sites excluding steroid dienone is 1. The molecule has 7 nitrogen and oxygen atoms in total. The number of rotatable bonds is 4. The molecule has 1 saturated carbocycles. The zero-order chi connectivity index (χ0) is 17.6. The number of hydrogen-bond acceptors (Lipinski definition) is 5. The third-order valence-electron chi connectivity index (χ3n) is 3.97. The maximum atomic E-state index is 12.2. The molecule has 0 unspecified atom stereocenters. The van der Waals surface area contributed by atoms with Crippen molar-refractivity contribution >= 4 is 23.4 Å². The van der Waals surface area contributed by atoms with Gasteiger partial charge in [-0.05, 0) is 61.6 Å². The van der Waals surface area contributed by atoms with Crippen LogP contribution < -0.4 is 5.43 Å². The van der Waals surface area contributed by atoms with E-state index in [-0.39, 0.29) is 5.69 Å². The van der Waals surface area contributed by atoms with Crippen molar-refractivity contribution in [2.75, 3.05) is 0 Å². The van der Waals surface area contributed by atoms with Gasteiger partial charge in [-0.15, -0.1) is 0 Å². The Balaban J connectivity index is 1.72. The monoisotopic (exact) mass is 339 g/mol. The number of hydrogen-bond donors (Lipinski definition) is 1. The summed E-state index contributed by atoms with van der Waals surface area (Å²) < 4.78 is 5.34. The number of nitrogens with zero attached hydrogens (tertiary/aromatic N) is 2. The highest BCUT2D eigenvalue weighted by molar-refractivity contribution is 6.05. The maximum Gasteiger partial charge on any atom is 0.271 e. The van der Waals surface area contributed by atoms with Crippen LogP contribution >= 0.6 is 0 Å². The third kappa shape index (κ3) is 4.20. The van der Waals surface area contributed by atoms with E-state index in [0.717, 1.165) is 42.7 Å². The van der Waals surface area contributed by atoms with Gasteiger partial charge in [0, 0.05) is 17.7 Å². The topological polar surface area (TPSA) is 97.7 Å². The fourth-order valence-electron chi connectivity index (χ4n) is 2.66. The molecule has 128 valence electrons. The zero-order valence-electron chi connectivity index (χ0n) is 13.5. The van der Waals surface area contributed by atoms with E-state index in [1.165, 1.54) is 24.3 Å². The van der Waals surface area contributed by atoms with Gasteiger partial charge in [0.15, 0.2) is 0 Å². The molecule has 25 heavy (non-hydrogen) atoms. The van der Waals surface area contributed by atoms with Crippen LogP contribution in [0.15, 0.2) is 57.8 Å². The van der Waals surface area contributed by atoms with E-state index in [4.69, 9.17) is 4.42 Å². The van der Waals surface area contributed by atoms with Crippen molar-refractivity contribution in [3.63, 3.8) is 0 Å². The summed E-state index contributed by atoms with van der Waals surface area (Å²) in [5.74, 6) is 0.358. The predicted octanol–water partition coefficient (Wildman–Crippen LogP) is 3.93. The van der Waals surface area contributed by atoms with Gasteiger partial charge in [-0.1, -0.05) is 0 Å². The highest BCUT2D eigenvalue weighted by Crippen LogP contribution is 2.23. The third-order valence-corrected chi connectivity index (χ3v) is 3.97. The Hall–Kier alpha value is -3.22. The second-order valence-corrected chi connectivity index (χ2v) is 5.70. The average Bonchev–Trinajstić information content (AvgIpc) is 3.14. The van der Waals surface area contributed by atoms with Crippen molar-refractivity contribution in [1.29, 1.82) is 0 Å². The van der Waals surface area contributed by atoms with Gasteiger partial charge in [0.25, 0.3) is 11.6 Å². The number of carbonyl (C=O) groups is 1. The first-order chi connectivity index (χ1) is 12.1. The van der Waals surface area contributed by atoms with Gasteiger partial charge in [-0.25, -0.2) is 5.43 Å². The summed E-state index contributed by atoms with van der Waals surface area (Å²) in [6, 6.07) is 9.11. The van der Waals surface area contributed by atoms with E-state index in [1.807, 2.05) is 18.2 Å². The standard InChI is InChI=1S/C18H17N3O4/c22-18(13-7-9-15(10-8-13)21(23)24)20-19-17-6-2-1-4-14(17)12-16-5-3-11-25-16/h3,5,7-12H,1-2,4,6H2,(H,20,22)/b14-12-,19-17-. The first-order valence-electron chi connectivity index (χ1n) is 7.99. The van der Waals surface area contributed by atoms with Crippen LogP contribution in [0, 0.1) is 10.1 Å². The SMILES string of the molecule is O=C(N/N=C1/CCCC/C1=C/c1ccco1)c1ccc([N+](=O)[O-])cc1. The Kier molecular flexibility index (Phi) is 5.03. The zero-order valence-corrected chi connectivity index (χ0v) is 13.5. The van der Waals surface area contributed by atoms with E-state index < -0.39 is 10.8 Å². The lowest BCUT2D eigenvalue weighted by Crippen LogP contribution is -2.21. The Bertz CT molecular complexity index is 821. The second-order valence-electron chi connectivity index (χ2n) is 5.70. The van der Waals surface area contributed by atoms with Crippen LogP contribution in [0.25, 0.3) is 6.08 Å². The predicted molar refractivity (Wildman–Crippen MR) is 93.2 cm³/mol. The Labute approximate surface area is 144 Å². The highest BCUT2D eigenvalue weighted by atomic mass is 16.6. The number of nitro groups is 1. The number of nitrogens with one attached hydrogen (secondary N) is 1. The molecule has 1 aliphatic carbocycles. The van der Waals surface area contributed by atoms with Gasteiger partial charge < -0.3 is 4.42 Å². The summed E-state index contributed by atoms with van der Waals surface area (Å²) in [6.07, 6.45) is 7.31. The van der Waals surface area contributed by atoms with Gasteiger partial charge in [-0.2, -0.15) is 5.10 Å². The summed E-state index contributed by atoms with van der Waals surface area (Å²) in [6.45, 7) is 0. The minimum atomic E-state index is -0.504. The minimum Gasteiger partial charge on any atom is -0.465 e. The van der Waals surface area contributed by atoms with E-state index in [9.17, 15) is 14.9 Å². The number of nitro benzene ring substituents is 1. The second kappa shape index (κ2) is 7.57. The van der Waals surface area contributed by atoms with Crippen molar-refractivity contribution in [3.8, 4) is 0 Å². The molecule has 1 fully saturated rings. The minimum absolute atomic E-state index is 0.0567. The first-order valence-corrected chi connectivity index (χ1v) is 7.99. The lowest BCUT2D eigenvalue weighted by atomic mass is 9.92. The van der Waals surface area contributed by atoms with Crippen LogP contribution in [0.5, 0.6) is 0 Å². The molecule has 1 amide bonds. The van der Waals surface area contributed by atoms with E-state index in [1.54, 1.807) is 6.26 Å². The molecule has 1 N–H and O–H groups in total. The van der Waals surface area contributed by atoms with E-state index >= 15 is 0 Å². The Morgan fingerprint density at radius 2 is 1.96 bits per heavy atom. The van der Waals surface area contributed by atoms with Crippen molar-refractivity contribution in [2.24, 2.45) is 5.10 Å². The molecule has 7 heteroatoms. The van der Waals surface area contributed by atoms with Crippen LogP contribution in [0.4, 0.5) is 5.69 Å². The normalized spacial score (nSPS) is 17.6. The fraction of sp³-hybridized carbons (Fsp3) is 0.222. The molecule has 1 heterocycles. The summed E-state index contributed by atoms with van der Waals surface area (Å²) in [4.78, 5) is 22.3. The molecule has 3 rings (SSSR count). The maximum absolute atomic E-state index is 12.2. The molecule has 0 aliphatic heterocycles. The Morgan fingerprint density at radius 1 is 1.20 bits per heavy atom. The average molecular weight is 339 g/mol. The number of hydrazone groups is 1. The highest BCUT2D eigenvalue weighted by Gasteiger charge is 2.15. The fourth-order valence-corrected chi connectivity index (χ4v) is 2.66. The van der Waals surface area contributed by atoms with Gasteiger partial charge in [0.05, 0.1) is 16.9 Å². The lowest BCUT2D eigenvalue weighted by Gasteiger charge is -2.16. The molecule has 1 aromatic carbocycles. The molecule has 0 bridgehead atoms. The quantitative estimate of drug-likeness (QED) is 0.674. The van der Waals surface area contributed by atoms with Crippen molar-refractivity contribution in [3.05, 3.63) is 69.7 Å². The van der Waals surface area contributed by atoms with Crippen LogP contribution in [-0.4, -0.2) is 16.5 Å². The molecule has 1 aliphatic rings. The molecular weight excluding hydrogens is 322 g/mol. The largest absolute Gasteiger partial charge is 0.465 e. The molecule has 0 atom stereocenters. The number of non-ortho nitro benzene ring substituents is 1. The molecule has 2 aromatic rings. The van der Waals surface area contributed by atoms with E-state index in [0.29, 0.717) is 5.56 Å². The smallest absolute Gasteiger partial charge is 0.271 e. The van der Waals surface area contributed by atoms with Gasteiger partial charge >= 0.3 is 0 Å². The van der Waals surface area contributed by atoms with Gasteiger partial charge in [-0.3, -0.25) is 14.9 Å². The molecule has 0 radical (unpaired) electrons. The number of benzene rings is 1. The summed E-state index contributed by atoms with van der Waals surface area (Å²) in [5, 5.41) is 14.9. The lowest BCUT2D eigenvalue weighted by molar-refractivity contribution is -0.384. The summed E-state index contributed by atoms with van der Waals surface area (Å²) in [5.41, 5.74) is 4.68. The Morgan fingerprint density at radius 3 is 2.64 bits per heavy atom. The van der Waals surface area contributed by atoms with Gasteiger partial charge in [0.2, 0.25) is 0 Å². The van der Waals surface area contributed by atoms with Crippen molar-refractivity contribution in [1.82, 2.24) is 5.43 Å². The van der Waals surface area contributed by atoms with E-state index in [2.05, 4.69) is 10.5 Å². The molecule has 0 saturated heterocycles. The molecular formula is C18H17N3O4. The van der Waals surface area contributed by atoms with Crippen LogP contribution in [0.2, 0.25) is 0 Å². The number of amides is 1. The van der Waals surface area contributed by atoms with Crippen molar-refractivity contribution in [2.45, 2.75) is 25.7 Å².